The van der Waals surface area contributed by atoms with E-state index in [1.54, 1.807) is 13.0 Å². The van der Waals surface area contributed by atoms with Crippen LogP contribution in [0.4, 0.5) is 0 Å². The number of aromatic nitrogens is 1. The molecule has 74 valence electrons. The number of nitrogens with zero attached hydrogens (tertiary/aromatic N) is 1. The minimum absolute atomic E-state index is 0.282. The number of rotatable bonds is 4. The standard InChI is InChI=1S/C6H10NO4PS/c1-5-4-6(7-10-5)11-12(13,8-2)9-3/h4H,1-3H3. The molecule has 0 aliphatic carbocycles. The van der Waals surface area contributed by atoms with Crippen molar-refractivity contribution in [3.8, 4) is 5.88 Å². The first-order chi connectivity index (χ1) is 6.09. The lowest BCUT2D eigenvalue weighted by molar-refractivity contribution is 0.263. The molecule has 0 radical (unpaired) electrons. The molecule has 0 saturated heterocycles. The Kier molecular flexibility index (Phi) is 3.44. The summed E-state index contributed by atoms with van der Waals surface area (Å²) < 4.78 is 19.8. The molecule has 0 aliphatic heterocycles. The molecule has 0 fully saturated rings. The summed E-state index contributed by atoms with van der Waals surface area (Å²) in [5, 5.41) is 3.60. The Hall–Kier alpha value is -0.420. The Bertz CT molecular complexity index is 318. The van der Waals surface area contributed by atoms with Gasteiger partial charge in [-0.3, -0.25) is 0 Å². The van der Waals surface area contributed by atoms with Gasteiger partial charge >= 0.3 is 6.72 Å². The van der Waals surface area contributed by atoms with Gasteiger partial charge in [0.1, 0.15) is 5.76 Å². The van der Waals surface area contributed by atoms with E-state index in [-0.39, 0.29) is 5.88 Å². The minimum Gasteiger partial charge on any atom is -0.402 e. The van der Waals surface area contributed by atoms with Crippen molar-refractivity contribution in [3.05, 3.63) is 11.8 Å². The van der Waals surface area contributed by atoms with E-state index in [4.69, 9.17) is 29.9 Å². The summed E-state index contributed by atoms with van der Waals surface area (Å²) in [4.78, 5) is 0. The smallest absolute Gasteiger partial charge is 0.381 e. The van der Waals surface area contributed by atoms with Crippen LogP contribution in [-0.2, 0) is 20.9 Å². The molecule has 0 atom stereocenters. The van der Waals surface area contributed by atoms with Crippen LogP contribution in [0.5, 0.6) is 5.88 Å². The molecule has 1 aromatic rings. The summed E-state index contributed by atoms with van der Waals surface area (Å²) in [5.41, 5.74) is 0. The highest BCUT2D eigenvalue weighted by Crippen LogP contribution is 2.47. The molecule has 1 heterocycles. The molecule has 0 bridgehead atoms. The molecule has 0 saturated carbocycles. The van der Waals surface area contributed by atoms with Crippen molar-refractivity contribution in [2.24, 2.45) is 0 Å². The van der Waals surface area contributed by atoms with Gasteiger partial charge in [0.05, 0.1) is 0 Å². The van der Waals surface area contributed by atoms with Crippen LogP contribution in [0.3, 0.4) is 0 Å². The van der Waals surface area contributed by atoms with E-state index in [0.29, 0.717) is 5.76 Å². The van der Waals surface area contributed by atoms with Gasteiger partial charge in [-0.1, -0.05) is 0 Å². The zero-order chi connectivity index (χ0) is 9.90. The number of hydrogen-bond donors (Lipinski definition) is 0. The van der Waals surface area contributed by atoms with E-state index >= 15 is 0 Å². The van der Waals surface area contributed by atoms with Gasteiger partial charge in [-0.25, -0.2) is 0 Å². The maximum Gasteiger partial charge on any atom is 0.381 e. The van der Waals surface area contributed by atoms with Gasteiger partial charge in [-0.05, 0) is 12.1 Å². The van der Waals surface area contributed by atoms with Crippen LogP contribution in [-0.4, -0.2) is 19.4 Å². The van der Waals surface area contributed by atoms with Crippen LogP contribution >= 0.6 is 6.72 Å². The predicted molar refractivity (Wildman–Crippen MR) is 50.2 cm³/mol. The van der Waals surface area contributed by atoms with Crippen molar-refractivity contribution in [3.63, 3.8) is 0 Å². The van der Waals surface area contributed by atoms with Gasteiger partial charge in [0.25, 0.3) is 5.88 Å². The zero-order valence-electron chi connectivity index (χ0n) is 7.51. The molecule has 0 amide bonds. The Morgan fingerprint density at radius 1 is 1.46 bits per heavy atom. The molecule has 1 aromatic heterocycles. The molecular weight excluding hydrogens is 213 g/mol. The lowest BCUT2D eigenvalue weighted by atomic mass is 10.5. The lowest BCUT2D eigenvalue weighted by Crippen LogP contribution is -1.96. The number of aryl methyl sites for hydroxylation is 1. The summed E-state index contributed by atoms with van der Waals surface area (Å²) in [5.74, 6) is 0.924. The van der Waals surface area contributed by atoms with E-state index in [9.17, 15) is 0 Å². The highest BCUT2D eigenvalue weighted by atomic mass is 32.5. The first-order valence-corrected chi connectivity index (χ1v) is 5.99. The van der Waals surface area contributed by atoms with Gasteiger partial charge in [0.15, 0.2) is 0 Å². The van der Waals surface area contributed by atoms with E-state index in [2.05, 4.69) is 5.16 Å². The monoisotopic (exact) mass is 223 g/mol. The SMILES string of the molecule is COP(=S)(OC)Oc1cc(C)on1. The first kappa shape index (κ1) is 10.7. The molecule has 5 nitrogen and oxygen atoms in total. The molecule has 0 spiro atoms. The van der Waals surface area contributed by atoms with Crippen LogP contribution in [0.25, 0.3) is 0 Å². The fraction of sp³-hybridized carbons (Fsp3) is 0.500. The van der Waals surface area contributed by atoms with Crippen molar-refractivity contribution in [1.82, 2.24) is 5.16 Å². The fourth-order valence-electron chi connectivity index (χ4n) is 0.650. The van der Waals surface area contributed by atoms with Crippen LogP contribution in [0, 0.1) is 6.92 Å². The van der Waals surface area contributed by atoms with Crippen molar-refractivity contribution < 1.29 is 18.1 Å². The van der Waals surface area contributed by atoms with Crippen molar-refractivity contribution in [1.29, 1.82) is 0 Å². The normalized spacial score (nSPS) is 11.6. The van der Waals surface area contributed by atoms with Gasteiger partial charge in [0, 0.05) is 32.1 Å². The van der Waals surface area contributed by atoms with Crippen LogP contribution in [0.1, 0.15) is 5.76 Å². The minimum atomic E-state index is -2.68. The van der Waals surface area contributed by atoms with Crippen LogP contribution < -0.4 is 4.52 Å². The zero-order valence-corrected chi connectivity index (χ0v) is 9.22. The maximum atomic E-state index is 5.20. The lowest BCUT2D eigenvalue weighted by Gasteiger charge is -2.15. The number of hydrogen-bond acceptors (Lipinski definition) is 6. The van der Waals surface area contributed by atoms with Gasteiger partial charge < -0.3 is 18.1 Å². The predicted octanol–water partition coefficient (Wildman–Crippen LogP) is 1.88. The largest absolute Gasteiger partial charge is 0.402 e. The average Bonchev–Trinajstić information content (AvgIpc) is 2.51. The van der Waals surface area contributed by atoms with E-state index < -0.39 is 6.72 Å². The van der Waals surface area contributed by atoms with E-state index in [1.807, 2.05) is 0 Å². The highest BCUT2D eigenvalue weighted by molar-refractivity contribution is 8.07. The summed E-state index contributed by atoms with van der Waals surface area (Å²) in [6, 6.07) is 1.61. The third-order valence-electron chi connectivity index (χ3n) is 1.26. The second kappa shape index (κ2) is 4.19. The second-order valence-electron chi connectivity index (χ2n) is 2.18. The van der Waals surface area contributed by atoms with Crippen molar-refractivity contribution in [2.45, 2.75) is 6.92 Å². The van der Waals surface area contributed by atoms with Crippen molar-refractivity contribution >= 4 is 18.5 Å². The molecule has 13 heavy (non-hydrogen) atoms. The Balaban J connectivity index is 2.73. The van der Waals surface area contributed by atoms with Crippen LogP contribution in [0.2, 0.25) is 0 Å². The molecule has 0 aromatic carbocycles. The Morgan fingerprint density at radius 2 is 2.08 bits per heavy atom. The Labute approximate surface area is 81.2 Å². The summed E-state index contributed by atoms with van der Waals surface area (Å²) in [7, 11) is 2.86. The average molecular weight is 223 g/mol. The first-order valence-electron chi connectivity index (χ1n) is 3.44. The highest BCUT2D eigenvalue weighted by Gasteiger charge is 2.20. The molecule has 1 rings (SSSR count). The van der Waals surface area contributed by atoms with E-state index in [1.165, 1.54) is 14.2 Å². The molecule has 0 unspecified atom stereocenters. The molecule has 7 heteroatoms. The third-order valence-corrected chi connectivity index (χ3v) is 3.68. The third kappa shape index (κ3) is 2.77. The molecular formula is C6H10NO4PS. The fourth-order valence-corrected chi connectivity index (χ4v) is 1.49. The second-order valence-corrected chi connectivity index (χ2v) is 5.33. The summed E-state index contributed by atoms with van der Waals surface area (Å²) >= 11 is 4.96. The quantitative estimate of drug-likeness (QED) is 0.726. The van der Waals surface area contributed by atoms with Crippen LogP contribution in [0.15, 0.2) is 10.6 Å². The van der Waals surface area contributed by atoms with Crippen molar-refractivity contribution in [2.75, 3.05) is 14.2 Å². The topological polar surface area (TPSA) is 53.7 Å². The summed E-state index contributed by atoms with van der Waals surface area (Å²) in [6.45, 7) is -0.926. The summed E-state index contributed by atoms with van der Waals surface area (Å²) in [6.07, 6.45) is 0. The van der Waals surface area contributed by atoms with Gasteiger partial charge in [0.2, 0.25) is 0 Å². The maximum absolute atomic E-state index is 5.20. The Morgan fingerprint density at radius 3 is 2.46 bits per heavy atom. The van der Waals surface area contributed by atoms with Gasteiger partial charge in [-0.15, -0.1) is 0 Å². The molecule has 0 aliphatic rings. The van der Waals surface area contributed by atoms with E-state index in [0.717, 1.165) is 0 Å². The molecule has 0 N–H and O–H groups in total. The van der Waals surface area contributed by atoms with Gasteiger partial charge in [-0.2, -0.15) is 0 Å².